The van der Waals surface area contributed by atoms with Crippen LogP contribution in [0.1, 0.15) is 19.3 Å². The topological polar surface area (TPSA) is 85.9 Å². The van der Waals surface area contributed by atoms with Gasteiger partial charge < -0.3 is 25.6 Å². The maximum absolute atomic E-state index is 12.5. The van der Waals surface area contributed by atoms with E-state index in [0.717, 1.165) is 18.7 Å². The Morgan fingerprint density at radius 3 is 2.77 bits per heavy atom. The van der Waals surface area contributed by atoms with Gasteiger partial charge in [0.2, 0.25) is 11.8 Å². The number of nitrogens with zero attached hydrogens (tertiary/aromatic N) is 2. The normalized spacial score (nSPS) is 26.6. The summed E-state index contributed by atoms with van der Waals surface area (Å²) >= 11 is 5.45. The number of morpholine rings is 1. The lowest BCUT2D eigenvalue weighted by Crippen LogP contribution is -2.58. The van der Waals surface area contributed by atoms with E-state index < -0.39 is 0 Å². The highest BCUT2D eigenvalue weighted by molar-refractivity contribution is 7.80. The Morgan fingerprint density at radius 2 is 2.00 bits per heavy atom. The Labute approximate surface area is 182 Å². The zero-order chi connectivity index (χ0) is 20.9. The number of anilines is 1. The minimum Gasteiger partial charge on any atom is -0.378 e. The fourth-order valence-corrected chi connectivity index (χ4v) is 4.77. The summed E-state index contributed by atoms with van der Waals surface area (Å²) in [6.07, 6.45) is 1.94. The number of benzene rings is 1. The standard InChI is InChI=1S/C21H29N5O3S/c27-19(25-8-10-29-11-9-25)7-6-17-13-22-20(28)18-12-16(14-26(17)18)24-21(30)23-15-4-2-1-3-5-15/h1-5,16-18H,6-14H2,(H,22,28)(H2,23,24,30)/t16-,17+,18-/m0/s1. The molecule has 0 bridgehead atoms. The van der Waals surface area contributed by atoms with Gasteiger partial charge >= 0.3 is 0 Å². The molecule has 3 N–H and O–H groups in total. The molecule has 1 aromatic rings. The van der Waals surface area contributed by atoms with Crippen molar-refractivity contribution < 1.29 is 14.3 Å². The number of ether oxygens (including phenoxy) is 1. The largest absolute Gasteiger partial charge is 0.378 e. The number of carbonyl (C=O) groups excluding carboxylic acids is 2. The number of nitrogens with one attached hydrogen (secondary N) is 3. The number of carbonyl (C=O) groups is 2. The molecule has 3 heterocycles. The van der Waals surface area contributed by atoms with E-state index in [1.165, 1.54) is 0 Å². The Hall–Kier alpha value is -2.23. The van der Waals surface area contributed by atoms with Crippen molar-refractivity contribution in [2.24, 2.45) is 0 Å². The van der Waals surface area contributed by atoms with Crippen LogP contribution in [0.4, 0.5) is 5.69 Å². The van der Waals surface area contributed by atoms with Crippen LogP contribution in [0.15, 0.2) is 30.3 Å². The molecule has 0 radical (unpaired) electrons. The van der Waals surface area contributed by atoms with Crippen LogP contribution in [0.5, 0.6) is 0 Å². The van der Waals surface area contributed by atoms with Crippen molar-refractivity contribution >= 4 is 34.8 Å². The van der Waals surface area contributed by atoms with Gasteiger partial charge in [-0.1, -0.05) is 18.2 Å². The molecule has 162 valence electrons. The minimum atomic E-state index is -0.167. The number of thiocarbonyl (C=S) groups is 1. The molecule has 3 saturated heterocycles. The Kier molecular flexibility index (Phi) is 6.81. The summed E-state index contributed by atoms with van der Waals surface area (Å²) in [5.74, 6) is 0.242. The maximum Gasteiger partial charge on any atom is 0.237 e. The summed E-state index contributed by atoms with van der Waals surface area (Å²) < 4.78 is 5.32. The van der Waals surface area contributed by atoms with Gasteiger partial charge in [0.1, 0.15) is 0 Å². The van der Waals surface area contributed by atoms with Crippen LogP contribution in [-0.2, 0) is 14.3 Å². The van der Waals surface area contributed by atoms with Gasteiger partial charge in [-0.15, -0.1) is 0 Å². The van der Waals surface area contributed by atoms with E-state index in [9.17, 15) is 9.59 Å². The Bertz CT molecular complexity index is 771. The lowest BCUT2D eigenvalue weighted by Gasteiger charge is -2.37. The molecule has 4 rings (SSSR count). The first-order valence-corrected chi connectivity index (χ1v) is 11.0. The maximum atomic E-state index is 12.5. The van der Waals surface area contributed by atoms with Gasteiger partial charge in [-0.05, 0) is 37.2 Å². The highest BCUT2D eigenvalue weighted by Gasteiger charge is 2.43. The van der Waals surface area contributed by atoms with Crippen LogP contribution in [0.3, 0.4) is 0 Å². The van der Waals surface area contributed by atoms with Crippen molar-refractivity contribution in [3.63, 3.8) is 0 Å². The first-order valence-electron chi connectivity index (χ1n) is 10.6. The molecule has 1 aromatic carbocycles. The monoisotopic (exact) mass is 431 g/mol. The van der Waals surface area contributed by atoms with E-state index in [-0.39, 0.29) is 29.9 Å². The Morgan fingerprint density at radius 1 is 1.23 bits per heavy atom. The zero-order valence-electron chi connectivity index (χ0n) is 17.0. The fourth-order valence-electron chi connectivity index (χ4n) is 4.48. The zero-order valence-corrected chi connectivity index (χ0v) is 17.8. The number of para-hydroxylation sites is 1. The molecule has 8 nitrogen and oxygen atoms in total. The minimum absolute atomic E-state index is 0.0667. The molecule has 30 heavy (non-hydrogen) atoms. The van der Waals surface area contributed by atoms with Crippen LogP contribution in [0.2, 0.25) is 0 Å². The van der Waals surface area contributed by atoms with E-state index in [1.807, 2.05) is 35.2 Å². The molecule has 2 amide bonds. The van der Waals surface area contributed by atoms with Crippen LogP contribution >= 0.6 is 12.2 Å². The summed E-state index contributed by atoms with van der Waals surface area (Å²) in [4.78, 5) is 29.0. The summed E-state index contributed by atoms with van der Waals surface area (Å²) in [6, 6.07) is 9.88. The van der Waals surface area contributed by atoms with Crippen molar-refractivity contribution in [2.75, 3.05) is 44.7 Å². The third-order valence-electron chi connectivity index (χ3n) is 6.04. The molecule has 0 aromatic heterocycles. The predicted octanol–water partition coefficient (Wildman–Crippen LogP) is 0.553. The number of hydrogen-bond acceptors (Lipinski definition) is 5. The molecule has 0 spiro atoms. The second-order valence-electron chi connectivity index (χ2n) is 8.04. The van der Waals surface area contributed by atoms with Crippen molar-refractivity contribution in [1.82, 2.24) is 20.4 Å². The lowest BCUT2D eigenvalue weighted by molar-refractivity contribution is -0.135. The molecule has 3 atom stereocenters. The smallest absolute Gasteiger partial charge is 0.237 e. The molecule has 0 unspecified atom stereocenters. The SMILES string of the molecule is O=C1NC[C@@H](CCC(=O)N2CCOCC2)N2C[C@@H](NC(=S)Nc3ccccc3)C[C@@H]12. The van der Waals surface area contributed by atoms with Crippen LogP contribution in [0, 0.1) is 0 Å². The van der Waals surface area contributed by atoms with Gasteiger partial charge in [0, 0.05) is 50.4 Å². The van der Waals surface area contributed by atoms with Crippen molar-refractivity contribution in [3.8, 4) is 0 Å². The van der Waals surface area contributed by atoms with E-state index in [0.29, 0.717) is 50.8 Å². The molecule has 3 aliphatic rings. The molecular weight excluding hydrogens is 402 g/mol. The van der Waals surface area contributed by atoms with Crippen LogP contribution < -0.4 is 16.0 Å². The first-order chi connectivity index (χ1) is 14.6. The lowest BCUT2D eigenvalue weighted by atomic mass is 10.0. The van der Waals surface area contributed by atoms with E-state index in [2.05, 4.69) is 20.9 Å². The van der Waals surface area contributed by atoms with Gasteiger partial charge in [-0.3, -0.25) is 14.5 Å². The Balaban J connectivity index is 1.29. The van der Waals surface area contributed by atoms with Gasteiger partial charge in [0.05, 0.1) is 19.3 Å². The van der Waals surface area contributed by atoms with Gasteiger partial charge in [-0.2, -0.15) is 0 Å². The summed E-state index contributed by atoms with van der Waals surface area (Å²) in [6.45, 7) is 3.90. The molecule has 0 aliphatic carbocycles. The van der Waals surface area contributed by atoms with Crippen LogP contribution in [0.25, 0.3) is 0 Å². The highest BCUT2D eigenvalue weighted by atomic mass is 32.1. The first kappa shape index (κ1) is 21.0. The highest BCUT2D eigenvalue weighted by Crippen LogP contribution is 2.26. The molecule has 3 fully saturated rings. The second kappa shape index (κ2) is 9.72. The fraction of sp³-hybridized carbons (Fsp3) is 0.571. The van der Waals surface area contributed by atoms with E-state index in [1.54, 1.807) is 0 Å². The number of fused-ring (bicyclic) bond motifs is 1. The van der Waals surface area contributed by atoms with Crippen LogP contribution in [-0.4, -0.2) is 84.2 Å². The van der Waals surface area contributed by atoms with Gasteiger partial charge in [0.25, 0.3) is 0 Å². The third kappa shape index (κ3) is 5.08. The second-order valence-corrected chi connectivity index (χ2v) is 8.45. The molecular formula is C21H29N5O3S. The average molecular weight is 432 g/mol. The van der Waals surface area contributed by atoms with Gasteiger partial charge in [0.15, 0.2) is 5.11 Å². The number of piperazine rings is 1. The molecule has 9 heteroatoms. The van der Waals surface area contributed by atoms with E-state index >= 15 is 0 Å². The van der Waals surface area contributed by atoms with E-state index in [4.69, 9.17) is 17.0 Å². The molecule has 3 aliphatic heterocycles. The predicted molar refractivity (Wildman–Crippen MR) is 118 cm³/mol. The molecule has 0 saturated carbocycles. The van der Waals surface area contributed by atoms with Crippen molar-refractivity contribution in [1.29, 1.82) is 0 Å². The number of rotatable bonds is 5. The number of hydrogen-bond donors (Lipinski definition) is 3. The summed E-state index contributed by atoms with van der Waals surface area (Å²) in [5.41, 5.74) is 0.933. The number of amides is 2. The van der Waals surface area contributed by atoms with Crippen molar-refractivity contribution in [2.45, 2.75) is 37.4 Å². The van der Waals surface area contributed by atoms with Gasteiger partial charge in [-0.25, -0.2) is 0 Å². The third-order valence-corrected chi connectivity index (χ3v) is 6.26. The average Bonchev–Trinajstić information content (AvgIpc) is 3.19. The van der Waals surface area contributed by atoms with Crippen molar-refractivity contribution in [3.05, 3.63) is 30.3 Å². The quantitative estimate of drug-likeness (QED) is 0.587. The summed E-state index contributed by atoms with van der Waals surface area (Å²) in [5, 5.41) is 10.1. The summed E-state index contributed by atoms with van der Waals surface area (Å²) in [7, 11) is 0.